The minimum Gasteiger partial charge on any atom is -0.352 e. The summed E-state index contributed by atoms with van der Waals surface area (Å²) in [5, 5.41) is 2.98. The summed E-state index contributed by atoms with van der Waals surface area (Å²) in [6.45, 7) is 2.50. The van der Waals surface area contributed by atoms with Gasteiger partial charge >= 0.3 is 0 Å². The average Bonchev–Trinajstić information content (AvgIpc) is 2.57. The first-order chi connectivity index (χ1) is 10.8. The van der Waals surface area contributed by atoms with Crippen LogP contribution in [-0.4, -0.2) is 12.5 Å². The molecule has 0 bridgehead atoms. The Hall–Kier alpha value is -2.61. The Bertz CT molecular complexity index is 590. The van der Waals surface area contributed by atoms with Gasteiger partial charge in [0, 0.05) is 18.5 Å². The van der Waals surface area contributed by atoms with Crippen LogP contribution in [0.1, 0.15) is 24.0 Å². The third kappa shape index (κ3) is 4.74. The maximum absolute atomic E-state index is 11.9. The maximum atomic E-state index is 11.9. The lowest BCUT2D eigenvalue weighted by Gasteiger charge is -2.18. The topological polar surface area (TPSA) is 29.1 Å². The van der Waals surface area contributed by atoms with E-state index in [1.807, 2.05) is 55.5 Å². The van der Waals surface area contributed by atoms with Crippen molar-refractivity contribution in [2.24, 2.45) is 0 Å². The zero-order valence-corrected chi connectivity index (χ0v) is 12.8. The largest absolute Gasteiger partial charge is 0.352 e. The number of carbonyl (C=O) groups excluding carboxylic acids is 1. The molecule has 0 aliphatic rings. The minimum atomic E-state index is -0.0741. The van der Waals surface area contributed by atoms with Gasteiger partial charge in [-0.15, -0.1) is 0 Å². The molecule has 0 aliphatic carbocycles. The Morgan fingerprint density at radius 1 is 0.955 bits per heavy atom. The number of nitrogens with one attached hydrogen (secondary N) is 1. The number of amides is 1. The van der Waals surface area contributed by atoms with Gasteiger partial charge < -0.3 is 5.32 Å². The summed E-state index contributed by atoms with van der Waals surface area (Å²) < 4.78 is 0. The molecule has 2 aromatic carbocycles. The number of allylic oxidation sites excluding steroid dienone is 3. The number of rotatable bonds is 6. The van der Waals surface area contributed by atoms with Crippen molar-refractivity contribution in [3.63, 3.8) is 0 Å². The van der Waals surface area contributed by atoms with Gasteiger partial charge in [0.25, 0.3) is 0 Å². The van der Waals surface area contributed by atoms with E-state index in [1.54, 1.807) is 12.2 Å². The van der Waals surface area contributed by atoms with Crippen LogP contribution in [0.4, 0.5) is 0 Å². The Balaban J connectivity index is 2.11. The Labute approximate surface area is 132 Å². The quantitative estimate of drug-likeness (QED) is 0.631. The van der Waals surface area contributed by atoms with Gasteiger partial charge in [-0.05, 0) is 18.1 Å². The van der Waals surface area contributed by atoms with E-state index in [0.29, 0.717) is 6.54 Å². The Morgan fingerprint density at radius 3 is 2.00 bits per heavy atom. The van der Waals surface area contributed by atoms with Crippen LogP contribution < -0.4 is 5.32 Å². The van der Waals surface area contributed by atoms with Crippen LogP contribution in [0, 0.1) is 0 Å². The molecule has 0 heterocycles. The van der Waals surface area contributed by atoms with E-state index in [9.17, 15) is 4.79 Å². The fourth-order valence-electron chi connectivity index (χ4n) is 2.31. The highest BCUT2D eigenvalue weighted by Gasteiger charge is 2.14. The first kappa shape index (κ1) is 15.8. The summed E-state index contributed by atoms with van der Waals surface area (Å²) in [4.78, 5) is 11.9. The molecule has 22 heavy (non-hydrogen) atoms. The van der Waals surface area contributed by atoms with Gasteiger partial charge in [-0.2, -0.15) is 0 Å². The molecule has 2 nitrogen and oxygen atoms in total. The molecule has 0 aromatic heterocycles. The number of benzene rings is 2. The molecule has 1 amide bonds. The van der Waals surface area contributed by atoms with Gasteiger partial charge in [0.15, 0.2) is 0 Å². The lowest BCUT2D eigenvalue weighted by molar-refractivity contribution is -0.116. The molecule has 0 atom stereocenters. The molecule has 0 spiro atoms. The first-order valence-corrected chi connectivity index (χ1v) is 7.48. The number of carbonyl (C=O) groups is 1. The fraction of sp³-hybridized carbons (Fsp3) is 0.150. The van der Waals surface area contributed by atoms with Gasteiger partial charge in [0.1, 0.15) is 0 Å². The van der Waals surface area contributed by atoms with Crippen molar-refractivity contribution in [3.8, 4) is 0 Å². The van der Waals surface area contributed by atoms with E-state index in [4.69, 9.17) is 0 Å². The van der Waals surface area contributed by atoms with Gasteiger partial charge in [-0.1, -0.05) is 78.9 Å². The van der Waals surface area contributed by atoms with Crippen LogP contribution in [0.15, 0.2) is 85.0 Å². The highest BCUT2D eigenvalue weighted by atomic mass is 16.1. The van der Waals surface area contributed by atoms with Crippen molar-refractivity contribution >= 4 is 5.91 Å². The van der Waals surface area contributed by atoms with Crippen LogP contribution >= 0.6 is 0 Å². The molecule has 0 saturated carbocycles. The molecule has 2 aromatic rings. The molecule has 0 radical (unpaired) electrons. The highest BCUT2D eigenvalue weighted by Crippen LogP contribution is 2.23. The summed E-state index contributed by atoms with van der Waals surface area (Å²) >= 11 is 0. The molecule has 0 unspecified atom stereocenters. The molecular weight excluding hydrogens is 270 g/mol. The Morgan fingerprint density at radius 2 is 1.50 bits per heavy atom. The summed E-state index contributed by atoms with van der Waals surface area (Å²) in [7, 11) is 0. The van der Waals surface area contributed by atoms with E-state index < -0.39 is 0 Å². The second-order valence-corrected chi connectivity index (χ2v) is 5.00. The van der Waals surface area contributed by atoms with Crippen LogP contribution in [0.3, 0.4) is 0 Å². The van der Waals surface area contributed by atoms with Crippen molar-refractivity contribution in [2.75, 3.05) is 6.54 Å². The molecule has 112 valence electrons. The van der Waals surface area contributed by atoms with E-state index in [0.717, 1.165) is 0 Å². The predicted octanol–water partition coefficient (Wildman–Crippen LogP) is 4.07. The van der Waals surface area contributed by atoms with Gasteiger partial charge in [0.2, 0.25) is 5.91 Å². The van der Waals surface area contributed by atoms with Gasteiger partial charge in [-0.3, -0.25) is 4.79 Å². The summed E-state index contributed by atoms with van der Waals surface area (Å²) in [6, 6.07) is 20.5. The Kier molecular flexibility index (Phi) is 6.18. The van der Waals surface area contributed by atoms with Gasteiger partial charge in [-0.25, -0.2) is 0 Å². The SMILES string of the molecule is C/C=C/C=C/C(=O)NCC(c1ccccc1)c1ccccc1. The third-order valence-corrected chi connectivity index (χ3v) is 3.44. The first-order valence-electron chi connectivity index (χ1n) is 7.48. The van der Waals surface area contributed by atoms with E-state index >= 15 is 0 Å². The molecular formula is C20H21NO. The second-order valence-electron chi connectivity index (χ2n) is 5.00. The summed E-state index contributed by atoms with van der Waals surface area (Å²) in [6.07, 6.45) is 7.02. The third-order valence-electron chi connectivity index (χ3n) is 3.44. The predicted molar refractivity (Wildman–Crippen MR) is 91.7 cm³/mol. The van der Waals surface area contributed by atoms with Crippen molar-refractivity contribution < 1.29 is 4.79 Å². The fourth-order valence-corrected chi connectivity index (χ4v) is 2.31. The van der Waals surface area contributed by atoms with Crippen LogP contribution in [0.25, 0.3) is 0 Å². The molecule has 1 N–H and O–H groups in total. The smallest absolute Gasteiger partial charge is 0.244 e. The van der Waals surface area contributed by atoms with Crippen LogP contribution in [0.2, 0.25) is 0 Å². The lowest BCUT2D eigenvalue weighted by atomic mass is 9.91. The average molecular weight is 291 g/mol. The normalized spacial score (nSPS) is 11.4. The van der Waals surface area contributed by atoms with Gasteiger partial charge in [0.05, 0.1) is 0 Å². The van der Waals surface area contributed by atoms with Crippen molar-refractivity contribution in [1.29, 1.82) is 0 Å². The molecule has 0 saturated heterocycles. The zero-order valence-electron chi connectivity index (χ0n) is 12.8. The van der Waals surface area contributed by atoms with Crippen molar-refractivity contribution in [3.05, 3.63) is 96.1 Å². The zero-order chi connectivity index (χ0) is 15.6. The molecule has 2 rings (SSSR count). The maximum Gasteiger partial charge on any atom is 0.244 e. The standard InChI is InChI=1S/C20H21NO/c1-2-3-6-15-20(22)21-16-19(17-11-7-4-8-12-17)18-13-9-5-10-14-18/h2-15,19H,16H2,1H3,(H,21,22)/b3-2+,15-6+. The van der Waals surface area contributed by atoms with E-state index in [1.165, 1.54) is 11.1 Å². The lowest BCUT2D eigenvalue weighted by Crippen LogP contribution is -2.27. The van der Waals surface area contributed by atoms with Crippen molar-refractivity contribution in [2.45, 2.75) is 12.8 Å². The number of hydrogen-bond donors (Lipinski definition) is 1. The van der Waals surface area contributed by atoms with E-state index in [-0.39, 0.29) is 11.8 Å². The van der Waals surface area contributed by atoms with Crippen LogP contribution in [0.5, 0.6) is 0 Å². The second kappa shape index (κ2) is 8.63. The monoisotopic (exact) mass is 291 g/mol. The molecule has 0 aliphatic heterocycles. The summed E-state index contributed by atoms with van der Waals surface area (Å²) in [5.74, 6) is 0.0800. The highest BCUT2D eigenvalue weighted by molar-refractivity contribution is 5.87. The summed E-state index contributed by atoms with van der Waals surface area (Å²) in [5.41, 5.74) is 2.40. The van der Waals surface area contributed by atoms with E-state index in [2.05, 4.69) is 29.6 Å². The molecule has 2 heteroatoms. The van der Waals surface area contributed by atoms with Crippen molar-refractivity contribution in [1.82, 2.24) is 5.32 Å². The molecule has 0 fully saturated rings. The minimum absolute atomic E-state index is 0.0741. The van der Waals surface area contributed by atoms with Crippen LogP contribution in [-0.2, 0) is 4.79 Å². The number of hydrogen-bond acceptors (Lipinski definition) is 1.